The number of nitriles is 1. The molecule has 0 bridgehead atoms. The van der Waals surface area contributed by atoms with Gasteiger partial charge < -0.3 is 11.1 Å². The predicted molar refractivity (Wildman–Crippen MR) is 83.4 cm³/mol. The lowest BCUT2D eigenvalue weighted by Gasteiger charge is -2.10. The fourth-order valence-electron chi connectivity index (χ4n) is 2.02. The van der Waals surface area contributed by atoms with Crippen LogP contribution < -0.4 is 11.1 Å². The van der Waals surface area contributed by atoms with Crippen molar-refractivity contribution >= 4 is 39.7 Å². The van der Waals surface area contributed by atoms with Crippen molar-refractivity contribution in [2.75, 3.05) is 11.1 Å². The lowest BCUT2D eigenvalue weighted by Crippen LogP contribution is -1.98. The second-order valence-corrected chi connectivity index (χ2v) is 4.86. The molecule has 3 rings (SSSR count). The van der Waals surface area contributed by atoms with E-state index in [4.69, 9.17) is 22.6 Å². The Bertz CT molecular complexity index is 870. The Balaban J connectivity index is 2.11. The molecule has 0 amide bonds. The molecule has 0 atom stereocenters. The summed E-state index contributed by atoms with van der Waals surface area (Å²) in [6.07, 6.45) is 1.45. The standard InChI is InChI=1S/C15H10ClN5/c16-10-2-1-9(7-17)13(5-10)21-15-12-4-3-11(18)6-14(12)19-8-20-15/h1-6,8H,18H2,(H,19,20,21). The molecule has 21 heavy (non-hydrogen) atoms. The van der Waals surface area contributed by atoms with E-state index in [1.807, 2.05) is 6.07 Å². The Morgan fingerprint density at radius 3 is 2.81 bits per heavy atom. The van der Waals surface area contributed by atoms with Gasteiger partial charge in [0.1, 0.15) is 18.2 Å². The van der Waals surface area contributed by atoms with Crippen molar-refractivity contribution in [3.63, 3.8) is 0 Å². The molecule has 2 aromatic carbocycles. The third-order valence-corrected chi connectivity index (χ3v) is 3.25. The second-order valence-electron chi connectivity index (χ2n) is 4.43. The monoisotopic (exact) mass is 295 g/mol. The topological polar surface area (TPSA) is 87.6 Å². The fraction of sp³-hybridized carbons (Fsp3) is 0. The Morgan fingerprint density at radius 1 is 1.14 bits per heavy atom. The molecule has 0 radical (unpaired) electrons. The number of fused-ring (bicyclic) bond motifs is 1. The van der Waals surface area contributed by atoms with Gasteiger partial charge >= 0.3 is 0 Å². The first-order valence-corrected chi connectivity index (χ1v) is 6.52. The van der Waals surface area contributed by atoms with Crippen molar-refractivity contribution in [2.45, 2.75) is 0 Å². The average Bonchev–Trinajstić information content (AvgIpc) is 2.47. The summed E-state index contributed by atoms with van der Waals surface area (Å²) >= 11 is 5.98. The molecule has 3 aromatic rings. The molecule has 0 aliphatic rings. The maximum atomic E-state index is 9.15. The molecule has 0 saturated heterocycles. The maximum Gasteiger partial charge on any atom is 0.141 e. The molecular formula is C15H10ClN5. The minimum Gasteiger partial charge on any atom is -0.399 e. The van der Waals surface area contributed by atoms with Crippen LogP contribution in [0.15, 0.2) is 42.7 Å². The number of nitrogens with two attached hydrogens (primary N) is 1. The van der Waals surface area contributed by atoms with Crippen LogP contribution in [-0.2, 0) is 0 Å². The third kappa shape index (κ3) is 2.57. The summed E-state index contributed by atoms with van der Waals surface area (Å²) in [4.78, 5) is 8.40. The maximum absolute atomic E-state index is 9.15. The molecule has 3 N–H and O–H groups in total. The molecule has 0 unspecified atom stereocenters. The number of nitrogen functional groups attached to an aromatic ring is 1. The van der Waals surface area contributed by atoms with Gasteiger partial charge in [-0.25, -0.2) is 9.97 Å². The number of nitrogens with zero attached hydrogens (tertiary/aromatic N) is 3. The van der Waals surface area contributed by atoms with Gasteiger partial charge in [0.2, 0.25) is 0 Å². The van der Waals surface area contributed by atoms with E-state index in [9.17, 15) is 0 Å². The van der Waals surface area contributed by atoms with Crippen molar-refractivity contribution in [1.29, 1.82) is 5.26 Å². The normalized spacial score (nSPS) is 10.3. The summed E-state index contributed by atoms with van der Waals surface area (Å²) in [6.45, 7) is 0. The average molecular weight is 296 g/mol. The van der Waals surface area contributed by atoms with Gasteiger partial charge in [-0.1, -0.05) is 11.6 Å². The molecule has 1 aromatic heterocycles. The first-order valence-electron chi connectivity index (χ1n) is 6.14. The van der Waals surface area contributed by atoms with Gasteiger partial charge in [-0.15, -0.1) is 0 Å². The summed E-state index contributed by atoms with van der Waals surface area (Å²) < 4.78 is 0. The fourth-order valence-corrected chi connectivity index (χ4v) is 2.19. The van der Waals surface area contributed by atoms with E-state index in [-0.39, 0.29) is 0 Å². The van der Waals surface area contributed by atoms with Crippen molar-refractivity contribution < 1.29 is 0 Å². The molecule has 0 saturated carbocycles. The Labute approximate surface area is 126 Å². The molecule has 0 aliphatic carbocycles. The highest BCUT2D eigenvalue weighted by Crippen LogP contribution is 2.27. The number of hydrogen-bond acceptors (Lipinski definition) is 5. The van der Waals surface area contributed by atoms with E-state index >= 15 is 0 Å². The molecule has 5 nitrogen and oxygen atoms in total. The van der Waals surface area contributed by atoms with E-state index in [0.29, 0.717) is 27.8 Å². The van der Waals surface area contributed by atoms with Crippen LogP contribution in [0.25, 0.3) is 10.9 Å². The number of benzene rings is 2. The van der Waals surface area contributed by atoms with E-state index in [1.165, 1.54) is 6.33 Å². The number of hydrogen-bond donors (Lipinski definition) is 2. The van der Waals surface area contributed by atoms with Gasteiger partial charge in [0.25, 0.3) is 0 Å². The zero-order valence-corrected chi connectivity index (χ0v) is 11.6. The van der Waals surface area contributed by atoms with Crippen LogP contribution in [0.4, 0.5) is 17.2 Å². The Kier molecular flexibility index (Phi) is 3.30. The van der Waals surface area contributed by atoms with Crippen molar-refractivity contribution in [2.24, 2.45) is 0 Å². The van der Waals surface area contributed by atoms with Gasteiger partial charge in [-0.05, 0) is 36.4 Å². The number of aromatic nitrogens is 2. The Hall–Kier alpha value is -2.84. The van der Waals surface area contributed by atoms with Crippen molar-refractivity contribution in [3.8, 4) is 6.07 Å². The summed E-state index contributed by atoms with van der Waals surface area (Å²) in [5.74, 6) is 0.596. The van der Waals surface area contributed by atoms with Crippen LogP contribution in [0.5, 0.6) is 0 Å². The molecule has 102 valence electrons. The van der Waals surface area contributed by atoms with Crippen molar-refractivity contribution in [1.82, 2.24) is 9.97 Å². The largest absolute Gasteiger partial charge is 0.399 e. The first-order chi connectivity index (χ1) is 10.2. The van der Waals surface area contributed by atoms with Gasteiger partial charge in [-0.3, -0.25) is 0 Å². The highest BCUT2D eigenvalue weighted by atomic mass is 35.5. The quantitative estimate of drug-likeness (QED) is 0.707. The first kappa shape index (κ1) is 13.2. The SMILES string of the molecule is N#Cc1ccc(Cl)cc1Nc1ncnc2cc(N)ccc12. The molecule has 6 heteroatoms. The van der Waals surface area contributed by atoms with E-state index in [0.717, 1.165) is 10.9 Å². The third-order valence-electron chi connectivity index (χ3n) is 3.02. The second kappa shape index (κ2) is 5.27. The molecule has 0 fully saturated rings. The number of anilines is 3. The van der Waals surface area contributed by atoms with Crippen LogP contribution >= 0.6 is 11.6 Å². The molecule has 1 heterocycles. The van der Waals surface area contributed by atoms with Gasteiger partial charge in [0, 0.05) is 16.1 Å². The summed E-state index contributed by atoms with van der Waals surface area (Å²) in [6, 6.07) is 12.5. The van der Waals surface area contributed by atoms with E-state index in [1.54, 1.807) is 30.3 Å². The number of halogens is 1. The van der Waals surface area contributed by atoms with Gasteiger partial charge in [-0.2, -0.15) is 5.26 Å². The molecule has 0 spiro atoms. The van der Waals surface area contributed by atoms with Gasteiger partial charge in [0.05, 0.1) is 16.8 Å². The zero-order chi connectivity index (χ0) is 14.8. The van der Waals surface area contributed by atoms with Crippen LogP contribution in [-0.4, -0.2) is 9.97 Å². The summed E-state index contributed by atoms with van der Waals surface area (Å²) in [5, 5.41) is 13.6. The van der Waals surface area contributed by atoms with Crippen LogP contribution in [0.3, 0.4) is 0 Å². The van der Waals surface area contributed by atoms with Crippen molar-refractivity contribution in [3.05, 3.63) is 53.3 Å². The Morgan fingerprint density at radius 2 is 2.00 bits per heavy atom. The molecule has 0 aliphatic heterocycles. The zero-order valence-electron chi connectivity index (χ0n) is 10.8. The predicted octanol–water partition coefficient (Wildman–Crippen LogP) is 3.48. The van der Waals surface area contributed by atoms with E-state index < -0.39 is 0 Å². The number of nitrogens with one attached hydrogen (secondary N) is 1. The lowest BCUT2D eigenvalue weighted by atomic mass is 10.1. The summed E-state index contributed by atoms with van der Waals surface area (Å²) in [7, 11) is 0. The van der Waals surface area contributed by atoms with Crippen LogP contribution in [0.2, 0.25) is 5.02 Å². The highest BCUT2D eigenvalue weighted by molar-refractivity contribution is 6.31. The lowest BCUT2D eigenvalue weighted by molar-refractivity contribution is 1.22. The minimum absolute atomic E-state index is 0.488. The van der Waals surface area contributed by atoms with Gasteiger partial charge in [0.15, 0.2) is 0 Å². The minimum atomic E-state index is 0.488. The molecular weight excluding hydrogens is 286 g/mol. The van der Waals surface area contributed by atoms with Crippen LogP contribution in [0, 0.1) is 11.3 Å². The smallest absolute Gasteiger partial charge is 0.141 e. The highest BCUT2D eigenvalue weighted by Gasteiger charge is 2.08. The summed E-state index contributed by atoms with van der Waals surface area (Å²) in [5.41, 5.74) is 8.20. The van der Waals surface area contributed by atoms with Crippen LogP contribution in [0.1, 0.15) is 5.56 Å². The number of rotatable bonds is 2. The van der Waals surface area contributed by atoms with E-state index in [2.05, 4.69) is 21.4 Å².